The van der Waals surface area contributed by atoms with Crippen molar-refractivity contribution in [2.24, 2.45) is 0 Å². The van der Waals surface area contributed by atoms with Gasteiger partial charge in [-0.3, -0.25) is 15.1 Å². The minimum Gasteiger partial charge on any atom is -0.381 e. The van der Waals surface area contributed by atoms with E-state index >= 15 is 0 Å². The predicted molar refractivity (Wildman–Crippen MR) is 120 cm³/mol. The Bertz CT molecular complexity index is 1000. The maximum Gasteiger partial charge on any atom is 0.219 e. The highest BCUT2D eigenvalue weighted by Gasteiger charge is 2.48. The van der Waals surface area contributed by atoms with E-state index in [0.717, 1.165) is 47.4 Å². The summed E-state index contributed by atoms with van der Waals surface area (Å²) in [6.07, 6.45) is 14.3. The van der Waals surface area contributed by atoms with Crippen LogP contribution >= 0.6 is 0 Å². The van der Waals surface area contributed by atoms with E-state index in [2.05, 4.69) is 34.2 Å². The van der Waals surface area contributed by atoms with E-state index in [4.69, 9.17) is 9.82 Å². The van der Waals surface area contributed by atoms with E-state index in [-0.39, 0.29) is 17.6 Å². The van der Waals surface area contributed by atoms with Crippen LogP contribution in [0.25, 0.3) is 16.7 Å². The monoisotopic (exact) mass is 424 g/mol. The SMILES string of the molecule is CCC(=O)NC1CC2(C=C(c3cnc4c(cnn4CC)c3NC3CCCCC3)NO2)C1. The first-order valence-corrected chi connectivity index (χ1v) is 11.7. The molecule has 1 aliphatic heterocycles. The van der Waals surface area contributed by atoms with Gasteiger partial charge in [-0.25, -0.2) is 9.67 Å². The molecule has 0 atom stereocenters. The van der Waals surface area contributed by atoms with Crippen LogP contribution in [0.4, 0.5) is 5.69 Å². The van der Waals surface area contributed by atoms with Crippen molar-refractivity contribution in [1.82, 2.24) is 25.6 Å². The van der Waals surface area contributed by atoms with Crippen LogP contribution in [0.3, 0.4) is 0 Å². The molecule has 1 amide bonds. The van der Waals surface area contributed by atoms with Crippen LogP contribution in [0.1, 0.15) is 70.8 Å². The third kappa shape index (κ3) is 3.78. The van der Waals surface area contributed by atoms with Gasteiger partial charge in [0.1, 0.15) is 5.60 Å². The van der Waals surface area contributed by atoms with Gasteiger partial charge in [0, 0.05) is 49.7 Å². The van der Waals surface area contributed by atoms with Gasteiger partial charge in [0.2, 0.25) is 5.91 Å². The molecule has 2 aliphatic carbocycles. The van der Waals surface area contributed by atoms with Crippen molar-refractivity contribution in [3.63, 3.8) is 0 Å². The zero-order chi connectivity index (χ0) is 21.4. The van der Waals surface area contributed by atoms with Crippen molar-refractivity contribution in [3.8, 4) is 0 Å². The van der Waals surface area contributed by atoms with Crippen LogP contribution in [0.5, 0.6) is 0 Å². The number of nitrogens with zero attached hydrogens (tertiary/aromatic N) is 3. The highest BCUT2D eigenvalue weighted by molar-refractivity contribution is 5.96. The normalized spacial score (nSPS) is 25.9. The number of nitrogens with one attached hydrogen (secondary N) is 3. The Morgan fingerprint density at radius 2 is 2.03 bits per heavy atom. The Kier molecular flexibility index (Phi) is 5.33. The second kappa shape index (κ2) is 8.15. The van der Waals surface area contributed by atoms with E-state index < -0.39 is 0 Å². The Balaban J connectivity index is 1.44. The maximum absolute atomic E-state index is 11.7. The van der Waals surface area contributed by atoms with Crippen molar-refractivity contribution in [3.05, 3.63) is 24.0 Å². The van der Waals surface area contributed by atoms with Gasteiger partial charge < -0.3 is 10.6 Å². The summed E-state index contributed by atoms with van der Waals surface area (Å²) in [7, 11) is 0. The van der Waals surface area contributed by atoms with Gasteiger partial charge in [0.25, 0.3) is 0 Å². The van der Waals surface area contributed by atoms with Crippen LogP contribution in [-0.2, 0) is 16.2 Å². The smallest absolute Gasteiger partial charge is 0.219 e. The molecule has 2 saturated carbocycles. The van der Waals surface area contributed by atoms with Crippen LogP contribution in [0, 0.1) is 0 Å². The first-order valence-electron chi connectivity index (χ1n) is 11.7. The highest BCUT2D eigenvalue weighted by Crippen LogP contribution is 2.43. The molecule has 0 saturated heterocycles. The molecule has 31 heavy (non-hydrogen) atoms. The molecular weight excluding hydrogens is 392 g/mol. The van der Waals surface area contributed by atoms with Gasteiger partial charge in [0.05, 0.1) is 23.0 Å². The summed E-state index contributed by atoms with van der Waals surface area (Å²) in [5.74, 6) is 0.0940. The van der Waals surface area contributed by atoms with Gasteiger partial charge in [-0.05, 0) is 25.8 Å². The quantitative estimate of drug-likeness (QED) is 0.657. The zero-order valence-corrected chi connectivity index (χ0v) is 18.4. The lowest BCUT2D eigenvalue weighted by Crippen LogP contribution is -2.54. The number of hydroxylamine groups is 1. The van der Waals surface area contributed by atoms with E-state index in [1.807, 2.05) is 24.0 Å². The summed E-state index contributed by atoms with van der Waals surface area (Å²) in [6, 6.07) is 0.644. The number of hydrogen-bond donors (Lipinski definition) is 3. The second-order valence-electron chi connectivity index (χ2n) is 9.08. The molecule has 3 N–H and O–H groups in total. The van der Waals surface area contributed by atoms with Gasteiger partial charge in [0.15, 0.2) is 5.65 Å². The summed E-state index contributed by atoms with van der Waals surface area (Å²) in [4.78, 5) is 22.4. The van der Waals surface area contributed by atoms with Crippen molar-refractivity contribution < 1.29 is 9.63 Å². The fraction of sp³-hybridized carbons (Fsp3) is 0.609. The van der Waals surface area contributed by atoms with Crippen LogP contribution in [-0.4, -0.2) is 38.4 Å². The first-order chi connectivity index (χ1) is 15.1. The summed E-state index contributed by atoms with van der Waals surface area (Å²) in [5.41, 5.74) is 6.76. The molecule has 166 valence electrons. The number of carbonyl (C=O) groups excluding carboxylic acids is 1. The number of aromatic nitrogens is 3. The molecule has 0 unspecified atom stereocenters. The number of aryl methyl sites for hydroxylation is 1. The largest absolute Gasteiger partial charge is 0.381 e. The summed E-state index contributed by atoms with van der Waals surface area (Å²) < 4.78 is 1.94. The lowest BCUT2D eigenvalue weighted by atomic mass is 9.75. The Morgan fingerprint density at radius 3 is 2.77 bits per heavy atom. The average molecular weight is 425 g/mol. The number of hydrogen-bond acceptors (Lipinski definition) is 6. The summed E-state index contributed by atoms with van der Waals surface area (Å²) in [5, 5.41) is 12.5. The fourth-order valence-electron chi connectivity index (χ4n) is 5.09. The standard InChI is InChI=1S/C23H32N6O2/c1-3-20(30)26-16-10-23(11-16)12-19(28-31-23)17-13-24-22-18(14-25-29(22)4-2)21(17)27-15-8-6-5-7-9-15/h12-16,28H,3-11H2,1-2H3,(H,24,27)(H,26,30). The molecule has 0 bridgehead atoms. The van der Waals surface area contributed by atoms with E-state index in [1.165, 1.54) is 32.1 Å². The number of fused-ring (bicyclic) bond motifs is 1. The molecule has 8 nitrogen and oxygen atoms in total. The molecule has 1 spiro atoms. The van der Waals surface area contributed by atoms with Crippen molar-refractivity contribution in [2.75, 3.05) is 5.32 Å². The first kappa shape index (κ1) is 20.3. The maximum atomic E-state index is 11.7. The third-order valence-electron chi connectivity index (χ3n) is 6.85. The summed E-state index contributed by atoms with van der Waals surface area (Å²) >= 11 is 0. The van der Waals surface area contributed by atoms with E-state index in [1.54, 1.807) is 0 Å². The van der Waals surface area contributed by atoms with Crippen molar-refractivity contribution >= 4 is 28.3 Å². The molecule has 0 aromatic carbocycles. The van der Waals surface area contributed by atoms with Crippen LogP contribution in [0.2, 0.25) is 0 Å². The molecule has 0 radical (unpaired) electrons. The third-order valence-corrected chi connectivity index (χ3v) is 6.85. The number of pyridine rings is 1. The molecule has 2 aromatic heterocycles. The molecule has 5 rings (SSSR count). The molecule has 2 aromatic rings. The zero-order valence-electron chi connectivity index (χ0n) is 18.4. The Hall–Kier alpha value is -2.61. The lowest BCUT2D eigenvalue weighted by Gasteiger charge is -2.42. The molecule has 8 heteroatoms. The number of anilines is 1. The fourth-order valence-corrected chi connectivity index (χ4v) is 5.09. The number of rotatable bonds is 6. The van der Waals surface area contributed by atoms with E-state index in [9.17, 15) is 4.79 Å². The van der Waals surface area contributed by atoms with Gasteiger partial charge >= 0.3 is 0 Å². The highest BCUT2D eigenvalue weighted by atomic mass is 16.7. The van der Waals surface area contributed by atoms with Crippen molar-refractivity contribution in [2.45, 2.75) is 89.4 Å². The Labute approximate surface area is 182 Å². The summed E-state index contributed by atoms with van der Waals surface area (Å²) in [6.45, 7) is 4.75. The minimum absolute atomic E-state index is 0.0940. The van der Waals surface area contributed by atoms with Gasteiger partial charge in [-0.15, -0.1) is 0 Å². The van der Waals surface area contributed by atoms with E-state index in [0.29, 0.717) is 12.5 Å². The van der Waals surface area contributed by atoms with Gasteiger partial charge in [-0.2, -0.15) is 5.10 Å². The topological polar surface area (TPSA) is 93.1 Å². The number of carbonyl (C=O) groups is 1. The second-order valence-corrected chi connectivity index (χ2v) is 9.08. The van der Waals surface area contributed by atoms with Crippen LogP contribution < -0.4 is 16.1 Å². The van der Waals surface area contributed by atoms with Crippen LogP contribution in [0.15, 0.2) is 18.5 Å². The lowest BCUT2D eigenvalue weighted by molar-refractivity contribution is -0.128. The molecular formula is C23H32N6O2. The average Bonchev–Trinajstić information content (AvgIpc) is 3.39. The molecule has 3 aliphatic rings. The van der Waals surface area contributed by atoms with Crippen molar-refractivity contribution in [1.29, 1.82) is 0 Å². The predicted octanol–water partition coefficient (Wildman–Crippen LogP) is 3.50. The molecule has 2 fully saturated rings. The Morgan fingerprint density at radius 1 is 1.23 bits per heavy atom. The number of amides is 1. The minimum atomic E-state index is -0.355. The van der Waals surface area contributed by atoms with Gasteiger partial charge in [-0.1, -0.05) is 26.2 Å². The molecule has 3 heterocycles.